The second-order valence-electron chi connectivity index (χ2n) is 7.71. The van der Waals surface area contributed by atoms with E-state index in [2.05, 4.69) is 9.62 Å². The lowest BCUT2D eigenvalue weighted by Gasteiger charge is -2.36. The molecule has 1 saturated heterocycles. The van der Waals surface area contributed by atoms with Crippen LogP contribution in [0.15, 0.2) is 71.6 Å². The Morgan fingerprint density at radius 2 is 1.62 bits per heavy atom. The molecule has 0 atom stereocenters. The van der Waals surface area contributed by atoms with E-state index in [0.717, 1.165) is 23.6 Å². The third kappa shape index (κ3) is 4.96. The van der Waals surface area contributed by atoms with E-state index in [1.54, 1.807) is 12.0 Å². The maximum atomic E-state index is 13.8. The number of methoxy groups -OCH3 is 1. The number of piperazine rings is 1. The first-order chi connectivity index (χ1) is 16.3. The van der Waals surface area contributed by atoms with Crippen LogP contribution in [-0.2, 0) is 10.0 Å². The number of hydrogen-bond donors (Lipinski definition) is 1. The highest BCUT2D eigenvalue weighted by molar-refractivity contribution is 7.92. The lowest BCUT2D eigenvalue weighted by molar-refractivity contribution is 0.0746. The average molecular weight is 488 g/mol. The first kappa shape index (κ1) is 23.5. The third-order valence-corrected chi connectivity index (χ3v) is 6.96. The Bertz CT molecular complexity index is 1290. The van der Waals surface area contributed by atoms with Crippen LogP contribution in [0.25, 0.3) is 0 Å². The Balaban J connectivity index is 1.41. The summed E-state index contributed by atoms with van der Waals surface area (Å²) in [5.41, 5.74) is 0.948. The van der Waals surface area contributed by atoms with Gasteiger partial charge in [-0.1, -0.05) is 12.1 Å². The summed E-state index contributed by atoms with van der Waals surface area (Å²) in [6.45, 7) is 2.27. The molecule has 3 aromatic rings. The fourth-order valence-corrected chi connectivity index (χ4v) is 4.84. The van der Waals surface area contributed by atoms with E-state index < -0.39 is 21.7 Å². The first-order valence-electron chi connectivity index (χ1n) is 10.5. The Labute approximate surface area is 196 Å². The van der Waals surface area contributed by atoms with Crippen LogP contribution < -0.4 is 14.4 Å². The molecule has 1 heterocycles. The Kier molecular flexibility index (Phi) is 6.69. The van der Waals surface area contributed by atoms with Crippen molar-refractivity contribution in [3.8, 4) is 5.75 Å². The third-order valence-electron chi connectivity index (χ3n) is 5.58. The maximum Gasteiger partial charge on any atom is 0.261 e. The van der Waals surface area contributed by atoms with Gasteiger partial charge in [-0.3, -0.25) is 9.52 Å². The van der Waals surface area contributed by atoms with Gasteiger partial charge in [0.15, 0.2) is 0 Å². The molecule has 10 heteroatoms. The zero-order valence-electron chi connectivity index (χ0n) is 18.4. The Hall–Kier alpha value is -3.66. The van der Waals surface area contributed by atoms with Crippen molar-refractivity contribution < 1.29 is 26.7 Å². The van der Waals surface area contributed by atoms with Gasteiger partial charge < -0.3 is 14.5 Å². The van der Waals surface area contributed by atoms with Crippen molar-refractivity contribution in [2.75, 3.05) is 42.9 Å². The number of benzene rings is 3. The summed E-state index contributed by atoms with van der Waals surface area (Å²) in [7, 11) is -2.50. The number of nitrogens with one attached hydrogen (secondary N) is 1. The van der Waals surface area contributed by atoms with Gasteiger partial charge in [0, 0.05) is 37.8 Å². The van der Waals surface area contributed by atoms with Gasteiger partial charge in [0.2, 0.25) is 0 Å². The number of para-hydroxylation sites is 2. The largest absolute Gasteiger partial charge is 0.495 e. The van der Waals surface area contributed by atoms with Crippen LogP contribution >= 0.6 is 0 Å². The summed E-state index contributed by atoms with van der Waals surface area (Å²) >= 11 is 0. The molecule has 34 heavy (non-hydrogen) atoms. The summed E-state index contributed by atoms with van der Waals surface area (Å²) < 4.78 is 59.5. The van der Waals surface area contributed by atoms with E-state index in [0.29, 0.717) is 37.8 Å². The van der Waals surface area contributed by atoms with Crippen molar-refractivity contribution in [3.05, 3.63) is 83.9 Å². The lowest BCUT2D eigenvalue weighted by atomic mass is 10.1. The minimum atomic E-state index is -4.12. The molecule has 1 aliphatic rings. The van der Waals surface area contributed by atoms with Gasteiger partial charge in [0.1, 0.15) is 17.4 Å². The van der Waals surface area contributed by atoms with Gasteiger partial charge in [-0.05, 0) is 48.5 Å². The summed E-state index contributed by atoms with van der Waals surface area (Å²) in [4.78, 5) is 16.6. The summed E-state index contributed by atoms with van der Waals surface area (Å²) in [5.74, 6) is -1.27. The molecule has 0 radical (unpaired) electrons. The van der Waals surface area contributed by atoms with Crippen LogP contribution in [0.4, 0.5) is 20.2 Å². The van der Waals surface area contributed by atoms with E-state index in [-0.39, 0.29) is 16.5 Å². The number of carbonyl (C=O) groups is 1. The van der Waals surface area contributed by atoms with Crippen molar-refractivity contribution in [1.29, 1.82) is 0 Å². The fraction of sp³-hybridized carbons (Fsp3) is 0.208. The van der Waals surface area contributed by atoms with E-state index >= 15 is 0 Å². The van der Waals surface area contributed by atoms with Crippen molar-refractivity contribution in [2.45, 2.75) is 4.90 Å². The van der Waals surface area contributed by atoms with Crippen molar-refractivity contribution in [1.82, 2.24) is 4.90 Å². The van der Waals surface area contributed by atoms with Gasteiger partial charge in [-0.25, -0.2) is 17.2 Å². The summed E-state index contributed by atoms with van der Waals surface area (Å²) in [6, 6.07) is 15.7. The van der Waals surface area contributed by atoms with E-state index in [4.69, 9.17) is 4.74 Å². The van der Waals surface area contributed by atoms with Gasteiger partial charge in [-0.2, -0.15) is 0 Å². The molecule has 0 spiro atoms. The van der Waals surface area contributed by atoms with Gasteiger partial charge in [0.05, 0.1) is 23.4 Å². The molecule has 1 fully saturated rings. The monoisotopic (exact) mass is 487 g/mol. The highest BCUT2D eigenvalue weighted by Crippen LogP contribution is 2.28. The van der Waals surface area contributed by atoms with Crippen molar-refractivity contribution >= 4 is 27.3 Å². The van der Waals surface area contributed by atoms with E-state index in [9.17, 15) is 22.0 Å². The number of rotatable bonds is 6. The van der Waals surface area contributed by atoms with Gasteiger partial charge in [-0.15, -0.1) is 0 Å². The number of halogens is 2. The maximum absolute atomic E-state index is 13.8. The molecular weight excluding hydrogens is 464 g/mol. The molecule has 7 nitrogen and oxygen atoms in total. The molecule has 0 bridgehead atoms. The molecule has 0 unspecified atom stereocenters. The predicted octanol–water partition coefficient (Wildman–Crippen LogP) is 3.74. The van der Waals surface area contributed by atoms with Crippen LogP contribution in [0, 0.1) is 11.6 Å². The number of sulfonamides is 1. The second-order valence-corrected chi connectivity index (χ2v) is 9.39. The fourth-order valence-electron chi connectivity index (χ4n) is 3.78. The van der Waals surface area contributed by atoms with E-state index in [1.165, 1.54) is 24.3 Å². The second kappa shape index (κ2) is 9.68. The number of nitrogens with zero attached hydrogens (tertiary/aromatic N) is 2. The number of amides is 1. The molecule has 0 aromatic heterocycles. The topological polar surface area (TPSA) is 79.0 Å². The van der Waals surface area contributed by atoms with Crippen LogP contribution in [0.3, 0.4) is 0 Å². The Morgan fingerprint density at radius 1 is 0.941 bits per heavy atom. The number of hydrogen-bond acceptors (Lipinski definition) is 5. The minimum absolute atomic E-state index is 0.145. The zero-order chi connectivity index (χ0) is 24.3. The standard InChI is InChI=1S/C24H23F2N3O4S/c1-33-23-5-3-2-4-22(23)28-12-14-29(15-13-28)24(30)17-6-9-19(10-7-17)34(31,32)27-21-11-8-18(25)16-20(21)26/h2-11,16,27H,12-15H2,1H3. The van der Waals surface area contributed by atoms with Gasteiger partial charge in [0.25, 0.3) is 15.9 Å². The molecule has 3 aromatic carbocycles. The number of carbonyl (C=O) groups excluding carboxylic acids is 1. The lowest BCUT2D eigenvalue weighted by Crippen LogP contribution is -2.48. The van der Waals surface area contributed by atoms with Crippen molar-refractivity contribution in [2.24, 2.45) is 0 Å². The summed E-state index contributed by atoms with van der Waals surface area (Å²) in [6.07, 6.45) is 0. The zero-order valence-corrected chi connectivity index (χ0v) is 19.2. The molecule has 0 saturated carbocycles. The highest BCUT2D eigenvalue weighted by atomic mass is 32.2. The normalized spacial score (nSPS) is 14.1. The van der Waals surface area contributed by atoms with Crippen LogP contribution in [-0.4, -0.2) is 52.5 Å². The van der Waals surface area contributed by atoms with Crippen LogP contribution in [0.1, 0.15) is 10.4 Å². The number of ether oxygens (including phenoxy) is 1. The number of anilines is 2. The quantitative estimate of drug-likeness (QED) is 0.573. The molecule has 1 amide bonds. The minimum Gasteiger partial charge on any atom is -0.495 e. The molecule has 4 rings (SSSR count). The average Bonchev–Trinajstić information content (AvgIpc) is 2.85. The highest BCUT2D eigenvalue weighted by Gasteiger charge is 2.24. The van der Waals surface area contributed by atoms with Crippen molar-refractivity contribution in [3.63, 3.8) is 0 Å². The smallest absolute Gasteiger partial charge is 0.261 e. The molecule has 1 N–H and O–H groups in total. The summed E-state index contributed by atoms with van der Waals surface area (Å²) in [5, 5.41) is 0. The van der Waals surface area contributed by atoms with Crippen LogP contribution in [0.5, 0.6) is 5.75 Å². The molecule has 178 valence electrons. The molecule has 0 aliphatic carbocycles. The van der Waals surface area contributed by atoms with E-state index in [1.807, 2.05) is 24.3 Å². The predicted molar refractivity (Wildman–Crippen MR) is 125 cm³/mol. The van der Waals surface area contributed by atoms with Crippen LogP contribution in [0.2, 0.25) is 0 Å². The molecular formula is C24H23F2N3O4S. The van der Waals surface area contributed by atoms with Gasteiger partial charge >= 0.3 is 0 Å². The SMILES string of the molecule is COc1ccccc1N1CCN(C(=O)c2ccc(S(=O)(=O)Nc3ccc(F)cc3F)cc2)CC1. The molecule has 1 aliphatic heterocycles. The Morgan fingerprint density at radius 3 is 2.26 bits per heavy atom. The first-order valence-corrected chi connectivity index (χ1v) is 12.0.